The first kappa shape index (κ1) is 14.0. The minimum Gasteiger partial charge on any atom is -0.320 e. The van der Waals surface area contributed by atoms with Gasteiger partial charge in [-0.1, -0.05) is 48.1 Å². The van der Waals surface area contributed by atoms with Crippen molar-refractivity contribution in [3.63, 3.8) is 0 Å². The molecule has 2 amide bonds. The lowest BCUT2D eigenvalue weighted by Gasteiger charge is -2.32. The largest absolute Gasteiger partial charge is 0.324 e. The molecule has 0 unspecified atom stereocenters. The van der Waals surface area contributed by atoms with Gasteiger partial charge in [0.2, 0.25) is 5.13 Å². The lowest BCUT2D eigenvalue weighted by Crippen LogP contribution is -2.39. The van der Waals surface area contributed by atoms with Crippen molar-refractivity contribution in [2.75, 3.05) is 11.9 Å². The molecular formula is C15H18N4OS. The standard InChI is InChI=1S/C15H18N4OS/c20-15(17-14-18-16-11-21-14)19(10-13-7-4-8-13)9-12-5-2-1-3-6-12/h1-3,5-6,11,13H,4,7-10H2,(H,17,18,20). The zero-order valence-corrected chi connectivity index (χ0v) is 12.6. The van der Waals surface area contributed by atoms with Crippen LogP contribution in [0.3, 0.4) is 0 Å². The molecule has 2 aromatic rings. The molecule has 5 nitrogen and oxygen atoms in total. The Kier molecular flexibility index (Phi) is 4.45. The highest BCUT2D eigenvalue weighted by atomic mass is 32.1. The molecule has 3 rings (SSSR count). The smallest absolute Gasteiger partial charge is 0.320 e. The lowest BCUT2D eigenvalue weighted by molar-refractivity contribution is 0.175. The van der Waals surface area contributed by atoms with Gasteiger partial charge in [-0.25, -0.2) is 4.79 Å². The second kappa shape index (κ2) is 6.67. The number of urea groups is 1. The Morgan fingerprint density at radius 3 is 2.76 bits per heavy atom. The summed E-state index contributed by atoms with van der Waals surface area (Å²) in [5.41, 5.74) is 2.76. The summed E-state index contributed by atoms with van der Waals surface area (Å²) in [7, 11) is 0. The van der Waals surface area contributed by atoms with Gasteiger partial charge in [-0.3, -0.25) is 5.32 Å². The summed E-state index contributed by atoms with van der Waals surface area (Å²) in [5.74, 6) is 0.633. The average Bonchev–Trinajstić information content (AvgIpc) is 2.95. The van der Waals surface area contributed by atoms with Crippen LogP contribution in [0.15, 0.2) is 35.8 Å². The average molecular weight is 302 g/mol. The zero-order chi connectivity index (χ0) is 14.5. The second-order valence-electron chi connectivity index (χ2n) is 5.34. The molecule has 1 saturated carbocycles. The number of hydrogen-bond acceptors (Lipinski definition) is 4. The number of rotatable bonds is 5. The van der Waals surface area contributed by atoms with Crippen molar-refractivity contribution in [1.82, 2.24) is 15.1 Å². The fraction of sp³-hybridized carbons (Fsp3) is 0.400. The maximum atomic E-state index is 12.4. The molecule has 0 saturated heterocycles. The summed E-state index contributed by atoms with van der Waals surface area (Å²) < 4.78 is 0. The number of nitrogens with zero attached hydrogens (tertiary/aromatic N) is 3. The first-order valence-electron chi connectivity index (χ1n) is 7.17. The van der Waals surface area contributed by atoms with E-state index in [-0.39, 0.29) is 6.03 Å². The molecule has 1 aliphatic carbocycles. The molecule has 1 aromatic heterocycles. The Morgan fingerprint density at radius 2 is 2.14 bits per heavy atom. The lowest BCUT2D eigenvalue weighted by atomic mass is 9.85. The molecule has 110 valence electrons. The van der Waals surface area contributed by atoms with Crippen LogP contribution in [0.2, 0.25) is 0 Å². The summed E-state index contributed by atoms with van der Waals surface area (Å²) in [4.78, 5) is 14.3. The van der Waals surface area contributed by atoms with E-state index in [9.17, 15) is 4.79 Å². The van der Waals surface area contributed by atoms with E-state index in [1.54, 1.807) is 5.51 Å². The Morgan fingerprint density at radius 1 is 1.33 bits per heavy atom. The normalized spacial score (nSPS) is 14.5. The number of carbonyl (C=O) groups excluding carboxylic acids is 1. The fourth-order valence-electron chi connectivity index (χ4n) is 2.41. The number of carbonyl (C=O) groups is 1. The van der Waals surface area contributed by atoms with E-state index >= 15 is 0 Å². The quantitative estimate of drug-likeness (QED) is 0.921. The third kappa shape index (κ3) is 3.78. The van der Waals surface area contributed by atoms with Crippen LogP contribution < -0.4 is 5.32 Å². The minimum absolute atomic E-state index is 0.0949. The number of nitrogens with one attached hydrogen (secondary N) is 1. The van der Waals surface area contributed by atoms with E-state index in [1.807, 2.05) is 35.2 Å². The Bertz CT molecular complexity index is 569. The highest BCUT2D eigenvalue weighted by Gasteiger charge is 2.24. The SMILES string of the molecule is O=C(Nc1nncs1)N(Cc1ccccc1)CC1CCC1. The number of hydrogen-bond donors (Lipinski definition) is 1. The van der Waals surface area contributed by atoms with Crippen LogP contribution in [0.25, 0.3) is 0 Å². The summed E-state index contributed by atoms with van der Waals surface area (Å²) in [6.45, 7) is 1.43. The Labute approximate surface area is 128 Å². The van der Waals surface area contributed by atoms with Crippen molar-refractivity contribution in [3.8, 4) is 0 Å². The zero-order valence-electron chi connectivity index (χ0n) is 11.7. The fourth-order valence-corrected chi connectivity index (χ4v) is 2.84. The number of amides is 2. The van der Waals surface area contributed by atoms with E-state index < -0.39 is 0 Å². The van der Waals surface area contributed by atoms with Gasteiger partial charge in [0.05, 0.1) is 0 Å². The van der Waals surface area contributed by atoms with Gasteiger partial charge in [0, 0.05) is 13.1 Å². The molecule has 0 radical (unpaired) electrons. The van der Waals surface area contributed by atoms with Crippen molar-refractivity contribution in [2.24, 2.45) is 5.92 Å². The predicted molar refractivity (Wildman–Crippen MR) is 83.1 cm³/mol. The summed E-state index contributed by atoms with van der Waals surface area (Å²) in [6.07, 6.45) is 3.72. The van der Waals surface area contributed by atoms with E-state index in [2.05, 4.69) is 15.5 Å². The van der Waals surface area contributed by atoms with Gasteiger partial charge in [0.1, 0.15) is 5.51 Å². The molecule has 1 aliphatic rings. The molecule has 21 heavy (non-hydrogen) atoms. The van der Waals surface area contributed by atoms with Crippen LogP contribution in [0.5, 0.6) is 0 Å². The van der Waals surface area contributed by atoms with Gasteiger partial charge in [-0.05, 0) is 24.3 Å². The second-order valence-corrected chi connectivity index (χ2v) is 6.17. The van der Waals surface area contributed by atoms with Crippen molar-refractivity contribution in [3.05, 3.63) is 41.4 Å². The predicted octanol–water partition coefficient (Wildman–Crippen LogP) is 3.37. The Balaban J connectivity index is 1.66. The van der Waals surface area contributed by atoms with Gasteiger partial charge in [-0.15, -0.1) is 10.2 Å². The Hall–Kier alpha value is -1.95. The highest BCUT2D eigenvalue weighted by molar-refractivity contribution is 7.13. The van der Waals surface area contributed by atoms with Crippen LogP contribution in [-0.4, -0.2) is 27.7 Å². The third-order valence-electron chi connectivity index (χ3n) is 3.78. The molecular weight excluding hydrogens is 284 g/mol. The molecule has 6 heteroatoms. The summed E-state index contributed by atoms with van der Waals surface area (Å²) in [5, 5.41) is 11.0. The van der Waals surface area contributed by atoms with Gasteiger partial charge in [0.15, 0.2) is 0 Å². The van der Waals surface area contributed by atoms with Crippen LogP contribution in [0, 0.1) is 5.92 Å². The highest BCUT2D eigenvalue weighted by Crippen LogP contribution is 2.28. The topological polar surface area (TPSA) is 58.1 Å². The van der Waals surface area contributed by atoms with Crippen LogP contribution in [-0.2, 0) is 6.54 Å². The summed E-state index contributed by atoms with van der Waals surface area (Å²) in [6, 6.07) is 9.99. The van der Waals surface area contributed by atoms with Crippen molar-refractivity contribution in [2.45, 2.75) is 25.8 Å². The number of aromatic nitrogens is 2. The molecule has 0 spiro atoms. The first-order chi connectivity index (χ1) is 10.3. The molecule has 1 aromatic carbocycles. The van der Waals surface area contributed by atoms with Gasteiger partial charge < -0.3 is 4.90 Å². The van der Waals surface area contributed by atoms with Crippen molar-refractivity contribution < 1.29 is 4.79 Å². The minimum atomic E-state index is -0.0949. The first-order valence-corrected chi connectivity index (χ1v) is 8.05. The van der Waals surface area contributed by atoms with E-state index in [1.165, 1.54) is 30.6 Å². The molecule has 1 N–H and O–H groups in total. The molecule has 1 fully saturated rings. The molecule has 0 aliphatic heterocycles. The maximum Gasteiger partial charge on any atom is 0.324 e. The third-order valence-corrected chi connectivity index (χ3v) is 4.39. The maximum absolute atomic E-state index is 12.4. The number of anilines is 1. The van der Waals surface area contributed by atoms with E-state index in [0.717, 1.165) is 12.1 Å². The number of benzene rings is 1. The molecule has 0 bridgehead atoms. The van der Waals surface area contributed by atoms with E-state index in [4.69, 9.17) is 0 Å². The van der Waals surface area contributed by atoms with Gasteiger partial charge in [0.25, 0.3) is 0 Å². The monoisotopic (exact) mass is 302 g/mol. The molecule has 1 heterocycles. The van der Waals surface area contributed by atoms with Crippen LogP contribution in [0.1, 0.15) is 24.8 Å². The van der Waals surface area contributed by atoms with Crippen LogP contribution >= 0.6 is 11.3 Å². The summed E-state index contributed by atoms with van der Waals surface area (Å²) >= 11 is 1.33. The van der Waals surface area contributed by atoms with Crippen molar-refractivity contribution >= 4 is 22.5 Å². The van der Waals surface area contributed by atoms with Crippen molar-refractivity contribution in [1.29, 1.82) is 0 Å². The van der Waals surface area contributed by atoms with E-state index in [0.29, 0.717) is 17.6 Å². The van der Waals surface area contributed by atoms with Gasteiger partial charge >= 0.3 is 6.03 Å². The van der Waals surface area contributed by atoms with Gasteiger partial charge in [-0.2, -0.15) is 0 Å². The van der Waals surface area contributed by atoms with Crippen LogP contribution in [0.4, 0.5) is 9.93 Å². The molecule has 0 atom stereocenters.